The highest BCUT2D eigenvalue weighted by atomic mass is 15.2. The highest BCUT2D eigenvalue weighted by molar-refractivity contribution is 5.11. The summed E-state index contributed by atoms with van der Waals surface area (Å²) in [6.07, 6.45) is 6.14. The maximum absolute atomic E-state index is 4.24. The SMILES string of the molecule is CCNC(Cc1cccnc1)C1CN(C)CCCN1C. The van der Waals surface area contributed by atoms with Crippen molar-refractivity contribution in [3.05, 3.63) is 30.1 Å². The molecule has 20 heavy (non-hydrogen) atoms. The molecule has 1 saturated heterocycles. The first-order valence-corrected chi connectivity index (χ1v) is 7.71. The second-order valence-electron chi connectivity index (χ2n) is 5.89. The van der Waals surface area contributed by atoms with Gasteiger partial charge >= 0.3 is 0 Å². The van der Waals surface area contributed by atoms with Crippen molar-refractivity contribution < 1.29 is 0 Å². The van der Waals surface area contributed by atoms with Gasteiger partial charge in [0.1, 0.15) is 0 Å². The summed E-state index contributed by atoms with van der Waals surface area (Å²) in [5.74, 6) is 0. The van der Waals surface area contributed by atoms with Crippen LogP contribution in [-0.4, -0.2) is 67.1 Å². The molecule has 2 atom stereocenters. The van der Waals surface area contributed by atoms with Crippen LogP contribution in [0, 0.1) is 0 Å². The molecule has 0 aromatic carbocycles. The average molecular weight is 276 g/mol. The van der Waals surface area contributed by atoms with Gasteiger partial charge in [0.25, 0.3) is 0 Å². The molecule has 0 spiro atoms. The van der Waals surface area contributed by atoms with E-state index in [-0.39, 0.29) is 0 Å². The molecule has 0 aliphatic carbocycles. The van der Waals surface area contributed by atoms with E-state index in [0.29, 0.717) is 12.1 Å². The molecule has 1 fully saturated rings. The molecular weight excluding hydrogens is 248 g/mol. The third-order valence-corrected chi connectivity index (χ3v) is 4.22. The van der Waals surface area contributed by atoms with Crippen LogP contribution in [0.2, 0.25) is 0 Å². The minimum Gasteiger partial charge on any atom is -0.312 e. The number of pyridine rings is 1. The van der Waals surface area contributed by atoms with E-state index in [0.717, 1.165) is 19.5 Å². The first-order chi connectivity index (χ1) is 9.70. The van der Waals surface area contributed by atoms with Crippen molar-refractivity contribution in [3.8, 4) is 0 Å². The Balaban J connectivity index is 2.09. The summed E-state index contributed by atoms with van der Waals surface area (Å²) in [7, 11) is 4.50. The molecule has 1 aliphatic rings. The summed E-state index contributed by atoms with van der Waals surface area (Å²) in [6, 6.07) is 5.25. The van der Waals surface area contributed by atoms with Crippen LogP contribution in [0.3, 0.4) is 0 Å². The quantitative estimate of drug-likeness (QED) is 0.877. The molecule has 0 amide bonds. The lowest BCUT2D eigenvalue weighted by Crippen LogP contribution is -2.53. The number of rotatable bonds is 5. The zero-order valence-corrected chi connectivity index (χ0v) is 13.0. The zero-order chi connectivity index (χ0) is 14.4. The molecule has 0 bridgehead atoms. The molecule has 0 saturated carbocycles. The van der Waals surface area contributed by atoms with Crippen molar-refractivity contribution in [2.75, 3.05) is 40.3 Å². The Kier molecular flexibility index (Phi) is 5.95. The third kappa shape index (κ3) is 4.27. The maximum atomic E-state index is 4.24. The summed E-state index contributed by atoms with van der Waals surface area (Å²) >= 11 is 0. The molecule has 2 rings (SSSR count). The van der Waals surface area contributed by atoms with E-state index in [4.69, 9.17) is 0 Å². The van der Waals surface area contributed by atoms with Crippen molar-refractivity contribution in [1.29, 1.82) is 0 Å². The van der Waals surface area contributed by atoms with Gasteiger partial charge in [0.05, 0.1) is 0 Å². The Morgan fingerprint density at radius 3 is 2.95 bits per heavy atom. The zero-order valence-electron chi connectivity index (χ0n) is 13.0. The van der Waals surface area contributed by atoms with Crippen molar-refractivity contribution in [3.63, 3.8) is 0 Å². The topological polar surface area (TPSA) is 31.4 Å². The lowest BCUT2D eigenvalue weighted by atomic mass is 9.99. The number of hydrogen-bond donors (Lipinski definition) is 1. The number of nitrogens with one attached hydrogen (secondary N) is 1. The Morgan fingerprint density at radius 1 is 1.40 bits per heavy atom. The Bertz CT molecular complexity index is 381. The van der Waals surface area contributed by atoms with Gasteiger partial charge in [-0.25, -0.2) is 0 Å². The number of hydrogen-bond acceptors (Lipinski definition) is 4. The smallest absolute Gasteiger partial charge is 0.0376 e. The van der Waals surface area contributed by atoms with Crippen LogP contribution in [0.5, 0.6) is 0 Å². The van der Waals surface area contributed by atoms with Crippen LogP contribution in [0.1, 0.15) is 18.9 Å². The molecule has 1 aromatic rings. The molecule has 4 heteroatoms. The van der Waals surface area contributed by atoms with Gasteiger partial charge in [-0.05, 0) is 58.2 Å². The Morgan fingerprint density at radius 2 is 2.25 bits per heavy atom. The second kappa shape index (κ2) is 7.72. The van der Waals surface area contributed by atoms with Crippen molar-refractivity contribution in [2.24, 2.45) is 0 Å². The Hall–Kier alpha value is -0.970. The molecule has 112 valence electrons. The summed E-state index contributed by atoms with van der Waals surface area (Å²) in [5, 5.41) is 3.68. The van der Waals surface area contributed by atoms with Crippen LogP contribution in [0.25, 0.3) is 0 Å². The van der Waals surface area contributed by atoms with Crippen LogP contribution in [0.4, 0.5) is 0 Å². The molecule has 2 heterocycles. The summed E-state index contributed by atoms with van der Waals surface area (Å²) in [5.41, 5.74) is 1.32. The normalized spacial score (nSPS) is 23.4. The molecule has 1 N–H and O–H groups in total. The lowest BCUT2D eigenvalue weighted by molar-refractivity contribution is 0.178. The Labute approximate surface area is 123 Å². The van der Waals surface area contributed by atoms with Gasteiger partial charge in [0.2, 0.25) is 0 Å². The molecule has 4 nitrogen and oxygen atoms in total. The van der Waals surface area contributed by atoms with Crippen LogP contribution < -0.4 is 5.32 Å². The summed E-state index contributed by atoms with van der Waals surface area (Å²) in [4.78, 5) is 9.22. The average Bonchev–Trinajstić information content (AvgIpc) is 2.61. The van der Waals surface area contributed by atoms with Gasteiger partial charge in [-0.2, -0.15) is 0 Å². The molecule has 0 radical (unpaired) electrons. The summed E-state index contributed by atoms with van der Waals surface area (Å²) in [6.45, 7) is 6.72. The third-order valence-electron chi connectivity index (χ3n) is 4.22. The highest BCUT2D eigenvalue weighted by Gasteiger charge is 2.28. The monoisotopic (exact) mass is 276 g/mol. The van der Waals surface area contributed by atoms with Gasteiger partial charge in [-0.15, -0.1) is 0 Å². The van der Waals surface area contributed by atoms with Gasteiger partial charge in [-0.1, -0.05) is 13.0 Å². The van der Waals surface area contributed by atoms with Crippen molar-refractivity contribution >= 4 is 0 Å². The fraction of sp³-hybridized carbons (Fsp3) is 0.688. The van der Waals surface area contributed by atoms with E-state index in [1.54, 1.807) is 0 Å². The minimum atomic E-state index is 0.481. The minimum absolute atomic E-state index is 0.481. The van der Waals surface area contributed by atoms with Crippen LogP contribution in [-0.2, 0) is 6.42 Å². The first-order valence-electron chi connectivity index (χ1n) is 7.71. The summed E-state index contributed by atoms with van der Waals surface area (Å²) < 4.78 is 0. The standard InChI is InChI=1S/C16H28N4/c1-4-18-15(11-14-7-5-8-17-12-14)16-13-19(2)9-6-10-20(16)3/h5,7-8,12,15-16,18H,4,6,9-11,13H2,1-3H3. The fourth-order valence-electron chi connectivity index (χ4n) is 3.12. The van der Waals surface area contributed by atoms with Crippen molar-refractivity contribution in [2.45, 2.75) is 31.8 Å². The molecule has 2 unspecified atom stereocenters. The fourth-order valence-corrected chi connectivity index (χ4v) is 3.12. The number of aromatic nitrogens is 1. The van der Waals surface area contributed by atoms with Crippen LogP contribution >= 0.6 is 0 Å². The molecule has 1 aromatic heterocycles. The largest absolute Gasteiger partial charge is 0.312 e. The van der Waals surface area contributed by atoms with E-state index in [1.807, 2.05) is 18.5 Å². The van der Waals surface area contributed by atoms with Gasteiger partial charge in [-0.3, -0.25) is 4.98 Å². The van der Waals surface area contributed by atoms with E-state index in [2.05, 4.69) is 47.2 Å². The van der Waals surface area contributed by atoms with Gasteiger partial charge in [0.15, 0.2) is 0 Å². The number of nitrogens with zero attached hydrogens (tertiary/aromatic N) is 3. The predicted molar refractivity (Wildman–Crippen MR) is 83.9 cm³/mol. The van der Waals surface area contributed by atoms with E-state index in [1.165, 1.54) is 25.1 Å². The number of likely N-dealkylation sites (N-methyl/N-ethyl adjacent to an activating group) is 3. The highest BCUT2D eigenvalue weighted by Crippen LogP contribution is 2.14. The first kappa shape index (κ1) is 15.4. The maximum Gasteiger partial charge on any atom is 0.0376 e. The molecule has 1 aliphatic heterocycles. The molecular formula is C16H28N4. The van der Waals surface area contributed by atoms with E-state index in [9.17, 15) is 0 Å². The van der Waals surface area contributed by atoms with E-state index < -0.39 is 0 Å². The van der Waals surface area contributed by atoms with Gasteiger partial charge < -0.3 is 15.1 Å². The van der Waals surface area contributed by atoms with Gasteiger partial charge in [0, 0.05) is 31.0 Å². The van der Waals surface area contributed by atoms with Crippen LogP contribution in [0.15, 0.2) is 24.5 Å². The predicted octanol–water partition coefficient (Wildman–Crippen LogP) is 1.24. The second-order valence-corrected chi connectivity index (χ2v) is 5.89. The van der Waals surface area contributed by atoms with E-state index >= 15 is 0 Å². The van der Waals surface area contributed by atoms with Crippen molar-refractivity contribution in [1.82, 2.24) is 20.1 Å². The lowest BCUT2D eigenvalue weighted by Gasteiger charge is -2.35.